The second-order valence-electron chi connectivity index (χ2n) is 6.67. The van der Waals surface area contributed by atoms with Crippen molar-refractivity contribution in [1.29, 1.82) is 0 Å². The van der Waals surface area contributed by atoms with E-state index in [4.69, 9.17) is 4.98 Å². The first-order chi connectivity index (χ1) is 10.4. The Kier molecular flexibility index (Phi) is 3.56. The summed E-state index contributed by atoms with van der Waals surface area (Å²) in [6.45, 7) is 8.86. The highest BCUT2D eigenvalue weighted by Crippen LogP contribution is 2.40. The molecule has 1 aliphatic rings. The lowest BCUT2D eigenvalue weighted by Gasteiger charge is -2.42. The summed E-state index contributed by atoms with van der Waals surface area (Å²) in [6.07, 6.45) is 6.38. The van der Waals surface area contributed by atoms with Crippen LogP contribution in [0.25, 0.3) is 6.08 Å². The van der Waals surface area contributed by atoms with Gasteiger partial charge >= 0.3 is 0 Å². The first-order valence-corrected chi connectivity index (χ1v) is 7.92. The lowest BCUT2D eigenvalue weighted by molar-refractivity contribution is 0.243. The number of nitrogens with zero attached hydrogens (tertiary/aromatic N) is 2. The van der Waals surface area contributed by atoms with Gasteiger partial charge in [0.1, 0.15) is 5.54 Å². The Labute approximate surface area is 133 Å². The molecular formula is C20H24N2. The summed E-state index contributed by atoms with van der Waals surface area (Å²) < 4.78 is 0. The molecule has 2 heterocycles. The molecule has 1 atom stereocenters. The molecule has 0 N–H and O–H groups in total. The number of benzene rings is 1. The molecule has 0 saturated heterocycles. The Morgan fingerprint density at radius 1 is 1.18 bits per heavy atom. The Balaban J connectivity index is 2.22. The lowest BCUT2D eigenvalue weighted by Crippen LogP contribution is -2.42. The summed E-state index contributed by atoms with van der Waals surface area (Å²) in [4.78, 5) is 7.13. The van der Waals surface area contributed by atoms with Crippen molar-refractivity contribution in [1.82, 2.24) is 9.88 Å². The molecule has 0 saturated carbocycles. The van der Waals surface area contributed by atoms with Crippen molar-refractivity contribution in [3.8, 4) is 0 Å². The normalized spacial score (nSPS) is 20.4. The number of aryl methyl sites for hydroxylation is 1. The van der Waals surface area contributed by atoms with Crippen LogP contribution in [0.15, 0.2) is 42.7 Å². The molecule has 1 aromatic heterocycles. The van der Waals surface area contributed by atoms with Crippen LogP contribution in [0.3, 0.4) is 0 Å². The van der Waals surface area contributed by atoms with E-state index in [2.05, 4.69) is 82.3 Å². The quantitative estimate of drug-likeness (QED) is 0.798. The number of pyridine rings is 1. The molecule has 0 spiro atoms. The Morgan fingerprint density at radius 3 is 2.59 bits per heavy atom. The number of hydrogen-bond acceptors (Lipinski definition) is 2. The minimum absolute atomic E-state index is 0.231. The zero-order valence-electron chi connectivity index (χ0n) is 14.1. The van der Waals surface area contributed by atoms with Gasteiger partial charge < -0.3 is 4.90 Å². The Bertz CT molecular complexity index is 730. The van der Waals surface area contributed by atoms with Crippen molar-refractivity contribution in [2.45, 2.75) is 39.2 Å². The standard InChI is InChI=1S/C20H24N2/c1-14(2)17-12-16-10-11-22(5)20(4,19(16)21-13-17)18-9-7-6-8-15(18)3/h6-14H,1-5H3. The van der Waals surface area contributed by atoms with Crippen LogP contribution in [-0.2, 0) is 5.54 Å². The molecule has 0 bridgehead atoms. The SMILES string of the molecule is Cc1ccccc1C1(C)c2ncc(C(C)C)cc2C=CN1C. The zero-order valence-corrected chi connectivity index (χ0v) is 14.1. The van der Waals surface area contributed by atoms with Gasteiger partial charge in [-0.1, -0.05) is 38.1 Å². The number of aromatic nitrogens is 1. The van der Waals surface area contributed by atoms with Crippen LogP contribution in [0, 0.1) is 6.92 Å². The third kappa shape index (κ3) is 2.14. The smallest absolute Gasteiger partial charge is 0.105 e. The van der Waals surface area contributed by atoms with Crippen LogP contribution >= 0.6 is 0 Å². The van der Waals surface area contributed by atoms with E-state index in [0.717, 1.165) is 5.69 Å². The second kappa shape index (κ2) is 5.28. The second-order valence-corrected chi connectivity index (χ2v) is 6.67. The average molecular weight is 292 g/mol. The van der Waals surface area contributed by atoms with Crippen LogP contribution in [0.4, 0.5) is 0 Å². The predicted octanol–water partition coefficient (Wildman–Crippen LogP) is 4.69. The van der Waals surface area contributed by atoms with E-state index in [0.29, 0.717) is 5.92 Å². The van der Waals surface area contributed by atoms with Crippen molar-refractivity contribution in [2.75, 3.05) is 7.05 Å². The van der Waals surface area contributed by atoms with Gasteiger partial charge in [0.05, 0.1) is 5.69 Å². The molecule has 2 heteroatoms. The van der Waals surface area contributed by atoms with Gasteiger partial charge in [-0.15, -0.1) is 0 Å². The molecule has 0 fully saturated rings. The predicted molar refractivity (Wildman–Crippen MR) is 92.8 cm³/mol. The molecule has 1 unspecified atom stereocenters. The molecule has 2 aromatic rings. The summed E-state index contributed by atoms with van der Waals surface area (Å²) in [6, 6.07) is 10.9. The van der Waals surface area contributed by atoms with Gasteiger partial charge in [0.2, 0.25) is 0 Å². The van der Waals surface area contributed by atoms with Crippen LogP contribution in [-0.4, -0.2) is 16.9 Å². The summed E-state index contributed by atoms with van der Waals surface area (Å²) in [5.74, 6) is 0.496. The topological polar surface area (TPSA) is 16.1 Å². The number of hydrogen-bond donors (Lipinski definition) is 0. The van der Waals surface area contributed by atoms with E-state index in [1.165, 1.54) is 22.3 Å². The van der Waals surface area contributed by atoms with Crippen LogP contribution in [0.2, 0.25) is 0 Å². The summed E-state index contributed by atoms with van der Waals surface area (Å²) >= 11 is 0. The van der Waals surface area contributed by atoms with Crippen LogP contribution in [0.1, 0.15) is 54.6 Å². The molecule has 1 aliphatic heterocycles. The van der Waals surface area contributed by atoms with Crippen molar-refractivity contribution in [2.24, 2.45) is 0 Å². The van der Waals surface area contributed by atoms with E-state index < -0.39 is 0 Å². The molecular weight excluding hydrogens is 268 g/mol. The Hall–Kier alpha value is -2.09. The molecule has 22 heavy (non-hydrogen) atoms. The van der Waals surface area contributed by atoms with Gasteiger partial charge in [-0.05, 0) is 48.6 Å². The van der Waals surface area contributed by atoms with Crippen molar-refractivity contribution < 1.29 is 0 Å². The molecule has 0 amide bonds. The van der Waals surface area contributed by atoms with E-state index in [1.807, 2.05) is 6.20 Å². The molecule has 1 aromatic carbocycles. The van der Waals surface area contributed by atoms with Crippen LogP contribution in [0.5, 0.6) is 0 Å². The first kappa shape index (κ1) is 14.8. The maximum absolute atomic E-state index is 4.87. The average Bonchev–Trinajstić information content (AvgIpc) is 2.51. The highest BCUT2D eigenvalue weighted by atomic mass is 15.2. The van der Waals surface area contributed by atoms with Gasteiger partial charge in [-0.3, -0.25) is 4.98 Å². The van der Waals surface area contributed by atoms with Gasteiger partial charge in [-0.2, -0.15) is 0 Å². The molecule has 3 rings (SSSR count). The summed E-state index contributed by atoms with van der Waals surface area (Å²) in [5.41, 5.74) is 6.04. The van der Waals surface area contributed by atoms with Crippen molar-refractivity contribution in [3.63, 3.8) is 0 Å². The monoisotopic (exact) mass is 292 g/mol. The highest BCUT2D eigenvalue weighted by molar-refractivity contribution is 5.60. The van der Waals surface area contributed by atoms with Crippen molar-refractivity contribution >= 4 is 6.08 Å². The fourth-order valence-electron chi connectivity index (χ4n) is 3.29. The summed E-state index contributed by atoms with van der Waals surface area (Å²) in [7, 11) is 2.13. The third-order valence-corrected chi connectivity index (χ3v) is 4.92. The van der Waals surface area contributed by atoms with Gasteiger partial charge in [0.25, 0.3) is 0 Å². The van der Waals surface area contributed by atoms with Crippen LogP contribution < -0.4 is 0 Å². The van der Waals surface area contributed by atoms with Crippen molar-refractivity contribution in [3.05, 3.63) is 70.7 Å². The summed E-state index contributed by atoms with van der Waals surface area (Å²) in [5, 5.41) is 0. The molecule has 2 nitrogen and oxygen atoms in total. The van der Waals surface area contributed by atoms with E-state index in [-0.39, 0.29) is 5.54 Å². The fraction of sp³-hybridized carbons (Fsp3) is 0.350. The number of rotatable bonds is 2. The van der Waals surface area contributed by atoms with Gasteiger partial charge in [0, 0.05) is 25.0 Å². The van der Waals surface area contributed by atoms with E-state index >= 15 is 0 Å². The maximum atomic E-state index is 4.87. The lowest BCUT2D eigenvalue weighted by atomic mass is 9.80. The van der Waals surface area contributed by atoms with Gasteiger partial charge in [-0.25, -0.2) is 0 Å². The molecule has 0 aliphatic carbocycles. The number of fused-ring (bicyclic) bond motifs is 1. The minimum atomic E-state index is -0.231. The molecule has 0 radical (unpaired) electrons. The zero-order chi connectivity index (χ0) is 15.9. The third-order valence-electron chi connectivity index (χ3n) is 4.92. The fourth-order valence-corrected chi connectivity index (χ4v) is 3.29. The molecule has 114 valence electrons. The largest absolute Gasteiger partial charge is 0.366 e. The van der Waals surface area contributed by atoms with E-state index in [1.54, 1.807) is 0 Å². The van der Waals surface area contributed by atoms with Gasteiger partial charge in [0.15, 0.2) is 0 Å². The van der Waals surface area contributed by atoms with E-state index in [9.17, 15) is 0 Å². The first-order valence-electron chi connectivity index (χ1n) is 7.92. The highest BCUT2D eigenvalue weighted by Gasteiger charge is 2.38. The maximum Gasteiger partial charge on any atom is 0.105 e. The Morgan fingerprint density at radius 2 is 1.91 bits per heavy atom. The minimum Gasteiger partial charge on any atom is -0.366 e.